The van der Waals surface area contributed by atoms with Gasteiger partial charge in [-0.25, -0.2) is 4.98 Å². The van der Waals surface area contributed by atoms with E-state index in [1.165, 1.54) is 10.4 Å². The van der Waals surface area contributed by atoms with Gasteiger partial charge in [0.15, 0.2) is 0 Å². The van der Waals surface area contributed by atoms with E-state index < -0.39 is 0 Å². The SMILES string of the molecule is CC.CC(C)(C)CC(=O)N1CCC(O)C1.CCCl.Cc1ncsc1-c1ccc([C@H](C)NC=O)cc1.NC=O. The van der Waals surface area contributed by atoms with Crippen LogP contribution in [0, 0.1) is 12.3 Å². The number of aromatic nitrogens is 1. The largest absolute Gasteiger partial charge is 0.391 e. The van der Waals surface area contributed by atoms with E-state index in [2.05, 4.69) is 48.9 Å². The maximum atomic E-state index is 11.6. The lowest BCUT2D eigenvalue weighted by molar-refractivity contribution is -0.132. The molecule has 4 N–H and O–H groups in total. The number of likely N-dealkylation sites (tertiary alicyclic amines) is 1. The predicted molar refractivity (Wildman–Crippen MR) is 159 cm³/mol. The number of alkyl halides is 1. The molecule has 2 heterocycles. The van der Waals surface area contributed by atoms with Crippen LogP contribution in [0.1, 0.15) is 78.6 Å². The van der Waals surface area contributed by atoms with Crippen LogP contribution in [0.3, 0.4) is 0 Å². The molecule has 10 heteroatoms. The van der Waals surface area contributed by atoms with Gasteiger partial charge in [-0.3, -0.25) is 14.4 Å². The molecule has 0 spiro atoms. The lowest BCUT2D eigenvalue weighted by Gasteiger charge is -2.22. The van der Waals surface area contributed by atoms with E-state index in [-0.39, 0.29) is 29.9 Å². The first-order valence-corrected chi connectivity index (χ1v) is 14.2. The normalized spacial score (nSPS) is 14.5. The summed E-state index contributed by atoms with van der Waals surface area (Å²) in [7, 11) is 0. The molecule has 1 aromatic heterocycles. The minimum Gasteiger partial charge on any atom is -0.391 e. The van der Waals surface area contributed by atoms with Gasteiger partial charge in [-0.15, -0.1) is 22.9 Å². The number of primary amides is 1. The van der Waals surface area contributed by atoms with Gasteiger partial charge in [0.1, 0.15) is 0 Å². The second kappa shape index (κ2) is 21.4. The molecule has 1 unspecified atom stereocenters. The number of amides is 3. The quantitative estimate of drug-likeness (QED) is 0.331. The highest BCUT2D eigenvalue weighted by atomic mass is 35.5. The van der Waals surface area contributed by atoms with Crippen LogP contribution in [0.4, 0.5) is 0 Å². The number of thiazole rings is 1. The summed E-state index contributed by atoms with van der Waals surface area (Å²) in [5.74, 6) is 0.893. The first kappa shape index (κ1) is 37.7. The molecule has 3 amide bonds. The predicted octanol–water partition coefficient (Wildman–Crippen LogP) is 5.31. The number of rotatable bonds is 5. The molecule has 216 valence electrons. The highest BCUT2D eigenvalue weighted by molar-refractivity contribution is 7.13. The third-order valence-electron chi connectivity index (χ3n) is 4.93. The van der Waals surface area contributed by atoms with Gasteiger partial charge >= 0.3 is 0 Å². The minimum atomic E-state index is -0.302. The molecule has 0 bridgehead atoms. The number of aryl methyl sites for hydroxylation is 1. The van der Waals surface area contributed by atoms with Crippen LogP contribution in [0.5, 0.6) is 0 Å². The van der Waals surface area contributed by atoms with Gasteiger partial charge in [0.25, 0.3) is 0 Å². The number of benzene rings is 1. The summed E-state index contributed by atoms with van der Waals surface area (Å²) in [6.45, 7) is 17.3. The summed E-state index contributed by atoms with van der Waals surface area (Å²) in [5.41, 5.74) is 9.40. The standard InChI is InChI=1S/C13H14N2OS.C10H19NO2.C2H5Cl.C2H6.CH3NO/c1-9(14-7-16)11-3-5-12(6-4-11)13-10(2)15-8-17-13;1-10(2,3)6-9(13)11-5-4-8(12)7-11;1-2-3;1-2;2-1-3/h3-9H,1-2H3,(H,14,16);8,12H,4-7H2,1-3H3;2H2,1H3;1-2H3;1H,(H2,2,3)/t9-;;;;/m0..../s1. The molecule has 1 saturated heterocycles. The molecule has 38 heavy (non-hydrogen) atoms. The number of β-amino-alcohol motifs (C(OH)–C–C–N with tert-alkyl or cyclic N) is 1. The van der Waals surface area contributed by atoms with Gasteiger partial charge in [-0.05, 0) is 36.8 Å². The number of carbonyl (C=O) groups is 3. The van der Waals surface area contributed by atoms with E-state index in [9.17, 15) is 14.7 Å². The third-order valence-corrected chi connectivity index (χ3v) is 5.91. The van der Waals surface area contributed by atoms with Crippen LogP contribution < -0.4 is 11.1 Å². The second-order valence-corrected chi connectivity index (χ2v) is 10.7. The number of hydrogen-bond donors (Lipinski definition) is 3. The molecular formula is C28H47ClN4O4S. The Morgan fingerprint density at radius 3 is 2.18 bits per heavy atom. The lowest BCUT2D eigenvalue weighted by atomic mass is 9.92. The van der Waals surface area contributed by atoms with Crippen molar-refractivity contribution in [3.8, 4) is 10.4 Å². The number of hydrogen-bond acceptors (Lipinski definition) is 6. The Morgan fingerprint density at radius 2 is 1.82 bits per heavy atom. The average Bonchev–Trinajstić information content (AvgIpc) is 3.49. The topological polar surface area (TPSA) is 126 Å². The van der Waals surface area contributed by atoms with E-state index in [4.69, 9.17) is 16.4 Å². The summed E-state index contributed by atoms with van der Waals surface area (Å²) in [6.07, 6.45) is 1.98. The average molecular weight is 571 g/mol. The first-order valence-electron chi connectivity index (χ1n) is 12.8. The Labute approximate surface area is 238 Å². The molecule has 1 fully saturated rings. The van der Waals surface area contributed by atoms with Crippen molar-refractivity contribution in [2.24, 2.45) is 11.1 Å². The Kier molecular flexibility index (Phi) is 21.3. The van der Waals surface area contributed by atoms with Crippen LogP contribution in [0.25, 0.3) is 10.4 Å². The second-order valence-electron chi connectivity index (χ2n) is 9.32. The Morgan fingerprint density at radius 1 is 1.29 bits per heavy atom. The van der Waals surface area contributed by atoms with Gasteiger partial charge < -0.3 is 21.1 Å². The van der Waals surface area contributed by atoms with Crippen LogP contribution >= 0.6 is 22.9 Å². The summed E-state index contributed by atoms with van der Waals surface area (Å²) < 4.78 is 0. The van der Waals surface area contributed by atoms with Gasteiger partial charge in [0.2, 0.25) is 18.7 Å². The van der Waals surface area contributed by atoms with Crippen molar-refractivity contribution in [1.82, 2.24) is 15.2 Å². The number of carbonyl (C=O) groups excluding carboxylic acids is 3. The van der Waals surface area contributed by atoms with Crippen LogP contribution in [0.2, 0.25) is 0 Å². The van der Waals surface area contributed by atoms with E-state index in [0.29, 0.717) is 13.0 Å². The Balaban J connectivity index is 0. The molecule has 3 rings (SSSR count). The molecular weight excluding hydrogens is 524 g/mol. The van der Waals surface area contributed by atoms with Crippen molar-refractivity contribution in [2.45, 2.75) is 80.4 Å². The smallest absolute Gasteiger partial charge is 0.223 e. The molecule has 1 aliphatic rings. The van der Waals surface area contributed by atoms with Gasteiger partial charge in [-0.2, -0.15) is 0 Å². The number of aliphatic hydroxyl groups is 1. The number of nitrogens with one attached hydrogen (secondary N) is 1. The van der Waals surface area contributed by atoms with E-state index >= 15 is 0 Å². The molecule has 0 aliphatic carbocycles. The summed E-state index contributed by atoms with van der Waals surface area (Å²) in [5, 5.41) is 12.0. The van der Waals surface area contributed by atoms with Crippen LogP contribution in [0.15, 0.2) is 29.8 Å². The highest BCUT2D eigenvalue weighted by Gasteiger charge is 2.27. The zero-order chi connectivity index (χ0) is 29.7. The fourth-order valence-electron chi connectivity index (χ4n) is 3.23. The van der Waals surface area contributed by atoms with Gasteiger partial charge in [0, 0.05) is 25.4 Å². The molecule has 2 aromatic rings. The van der Waals surface area contributed by atoms with E-state index in [0.717, 1.165) is 36.5 Å². The van der Waals surface area contributed by atoms with Gasteiger partial charge in [0.05, 0.1) is 28.2 Å². The van der Waals surface area contributed by atoms with E-state index in [1.807, 2.05) is 52.3 Å². The zero-order valence-corrected chi connectivity index (χ0v) is 25.7. The van der Waals surface area contributed by atoms with Crippen molar-refractivity contribution in [3.05, 3.63) is 41.0 Å². The monoisotopic (exact) mass is 570 g/mol. The fourth-order valence-corrected chi connectivity index (χ4v) is 4.05. The summed E-state index contributed by atoms with van der Waals surface area (Å²) in [6, 6.07) is 8.26. The highest BCUT2D eigenvalue weighted by Crippen LogP contribution is 2.28. The van der Waals surface area contributed by atoms with Crippen molar-refractivity contribution < 1.29 is 19.5 Å². The molecule has 2 atom stereocenters. The maximum Gasteiger partial charge on any atom is 0.223 e. The zero-order valence-electron chi connectivity index (χ0n) is 24.2. The Hall–Kier alpha value is -2.49. The van der Waals surface area contributed by atoms with Crippen LogP contribution in [-0.2, 0) is 14.4 Å². The fraction of sp³-hybridized carbons (Fsp3) is 0.571. The molecule has 1 aromatic carbocycles. The summed E-state index contributed by atoms with van der Waals surface area (Å²) >= 11 is 6.64. The van der Waals surface area contributed by atoms with Crippen molar-refractivity contribution in [3.63, 3.8) is 0 Å². The number of nitrogens with zero attached hydrogens (tertiary/aromatic N) is 2. The van der Waals surface area contributed by atoms with Crippen LogP contribution in [-0.4, -0.2) is 58.8 Å². The van der Waals surface area contributed by atoms with Crippen molar-refractivity contribution >= 4 is 41.7 Å². The Bertz CT molecular complexity index is 901. The number of halogens is 1. The minimum absolute atomic E-state index is 0.0455. The first-order chi connectivity index (χ1) is 17.9. The molecule has 1 aliphatic heterocycles. The number of aliphatic hydroxyl groups excluding tert-OH is 1. The van der Waals surface area contributed by atoms with Crippen molar-refractivity contribution in [2.75, 3.05) is 19.0 Å². The summed E-state index contributed by atoms with van der Waals surface area (Å²) in [4.78, 5) is 37.8. The lowest BCUT2D eigenvalue weighted by Crippen LogP contribution is -2.32. The molecule has 8 nitrogen and oxygen atoms in total. The van der Waals surface area contributed by atoms with Crippen molar-refractivity contribution in [1.29, 1.82) is 0 Å². The maximum absolute atomic E-state index is 11.6. The van der Waals surface area contributed by atoms with E-state index in [1.54, 1.807) is 16.2 Å². The number of nitrogens with two attached hydrogens (primary N) is 1. The molecule has 0 radical (unpaired) electrons. The van der Waals surface area contributed by atoms with Gasteiger partial charge in [-0.1, -0.05) is 65.8 Å². The molecule has 0 saturated carbocycles. The third kappa shape index (κ3) is 16.4.